The van der Waals surface area contributed by atoms with Gasteiger partial charge in [0.15, 0.2) is 0 Å². The summed E-state index contributed by atoms with van der Waals surface area (Å²) in [6.45, 7) is 0. The molecule has 0 saturated heterocycles. The molecule has 3 rings (SSSR count). The van der Waals surface area contributed by atoms with Crippen molar-refractivity contribution >= 4 is 23.1 Å². The van der Waals surface area contributed by atoms with Gasteiger partial charge in [-0.15, -0.1) is 0 Å². The standard InChI is InChI=1S/C17H15ClFNO/c18-14-9-11(1-6-15(14)19)10-16(21)17(7-8-17)12-2-4-13(20)5-3-12/h1-6,9H,7-8,10,20H2. The predicted octanol–water partition coefficient (Wildman–Crippen LogP) is 3.90. The molecule has 2 nitrogen and oxygen atoms in total. The van der Waals surface area contributed by atoms with E-state index in [0.29, 0.717) is 5.69 Å². The smallest absolute Gasteiger partial charge is 0.147 e. The number of benzene rings is 2. The van der Waals surface area contributed by atoms with Gasteiger partial charge in [-0.2, -0.15) is 0 Å². The lowest BCUT2D eigenvalue weighted by atomic mass is 9.88. The third kappa shape index (κ3) is 2.66. The first-order valence-electron chi connectivity index (χ1n) is 6.84. The van der Waals surface area contributed by atoms with Crippen LogP contribution in [0, 0.1) is 5.82 Å². The Hall–Kier alpha value is -1.87. The Morgan fingerprint density at radius 1 is 1.19 bits per heavy atom. The summed E-state index contributed by atoms with van der Waals surface area (Å²) >= 11 is 5.76. The summed E-state index contributed by atoms with van der Waals surface area (Å²) < 4.78 is 13.2. The number of carbonyl (C=O) groups is 1. The van der Waals surface area contributed by atoms with Crippen LogP contribution in [0.5, 0.6) is 0 Å². The highest BCUT2D eigenvalue weighted by atomic mass is 35.5. The first-order valence-corrected chi connectivity index (χ1v) is 7.22. The minimum absolute atomic E-state index is 0.0534. The largest absolute Gasteiger partial charge is 0.399 e. The molecule has 1 aliphatic carbocycles. The summed E-state index contributed by atoms with van der Waals surface area (Å²) in [6, 6.07) is 11.9. The van der Waals surface area contributed by atoms with E-state index in [2.05, 4.69) is 0 Å². The molecule has 0 bridgehead atoms. The fourth-order valence-electron chi connectivity index (χ4n) is 2.66. The van der Waals surface area contributed by atoms with Crippen LogP contribution in [-0.4, -0.2) is 5.78 Å². The van der Waals surface area contributed by atoms with Crippen molar-refractivity contribution in [3.8, 4) is 0 Å². The van der Waals surface area contributed by atoms with Gasteiger partial charge >= 0.3 is 0 Å². The number of halogens is 2. The molecule has 0 unspecified atom stereocenters. The van der Waals surface area contributed by atoms with Gasteiger partial charge in [-0.05, 0) is 48.2 Å². The fourth-order valence-corrected chi connectivity index (χ4v) is 2.86. The van der Waals surface area contributed by atoms with E-state index in [9.17, 15) is 9.18 Å². The average molecular weight is 304 g/mol. The lowest BCUT2D eigenvalue weighted by Gasteiger charge is -2.15. The zero-order chi connectivity index (χ0) is 15.0. The van der Waals surface area contributed by atoms with Crippen molar-refractivity contribution in [2.24, 2.45) is 0 Å². The van der Waals surface area contributed by atoms with Gasteiger partial charge in [-0.1, -0.05) is 29.8 Å². The molecule has 4 heteroatoms. The van der Waals surface area contributed by atoms with Crippen LogP contribution in [0.2, 0.25) is 5.02 Å². The maximum atomic E-state index is 13.2. The molecule has 2 N–H and O–H groups in total. The second kappa shape index (κ2) is 5.15. The third-order valence-corrected chi connectivity index (χ3v) is 4.39. The monoisotopic (exact) mass is 303 g/mol. The summed E-state index contributed by atoms with van der Waals surface area (Å²) in [7, 11) is 0. The van der Waals surface area contributed by atoms with E-state index in [-0.39, 0.29) is 17.2 Å². The molecule has 0 atom stereocenters. The molecule has 0 amide bonds. The van der Waals surface area contributed by atoms with Crippen LogP contribution in [0.3, 0.4) is 0 Å². The Kier molecular flexibility index (Phi) is 3.46. The number of hydrogen-bond acceptors (Lipinski definition) is 2. The quantitative estimate of drug-likeness (QED) is 0.870. The Labute approximate surface area is 127 Å². The molecule has 108 valence electrons. The Balaban J connectivity index is 1.81. The third-order valence-electron chi connectivity index (χ3n) is 4.10. The minimum atomic E-state index is -0.465. The van der Waals surface area contributed by atoms with Gasteiger partial charge in [0, 0.05) is 12.1 Å². The maximum Gasteiger partial charge on any atom is 0.147 e. The highest BCUT2D eigenvalue weighted by Crippen LogP contribution is 2.49. The van der Waals surface area contributed by atoms with E-state index in [4.69, 9.17) is 17.3 Å². The van der Waals surface area contributed by atoms with E-state index < -0.39 is 11.2 Å². The zero-order valence-electron chi connectivity index (χ0n) is 11.4. The van der Waals surface area contributed by atoms with Crippen LogP contribution in [0.4, 0.5) is 10.1 Å². The lowest BCUT2D eigenvalue weighted by Crippen LogP contribution is -2.22. The summed E-state index contributed by atoms with van der Waals surface area (Å²) in [5.41, 5.74) is 7.73. The molecule has 0 radical (unpaired) electrons. The molecule has 1 fully saturated rings. The summed E-state index contributed by atoms with van der Waals surface area (Å²) in [6.07, 6.45) is 1.97. The van der Waals surface area contributed by atoms with Gasteiger partial charge in [0.05, 0.1) is 10.4 Å². The highest BCUT2D eigenvalue weighted by Gasteiger charge is 2.50. The summed E-state index contributed by atoms with van der Waals surface area (Å²) in [5.74, 6) is -0.317. The average Bonchev–Trinajstić information content (AvgIpc) is 3.25. The molecule has 0 aromatic heterocycles. The molecule has 0 spiro atoms. The molecule has 0 aliphatic heterocycles. The Bertz CT molecular complexity index is 692. The number of carbonyl (C=O) groups excluding carboxylic acids is 1. The van der Waals surface area contributed by atoms with E-state index in [1.54, 1.807) is 6.07 Å². The maximum absolute atomic E-state index is 13.2. The number of nitrogen functional groups attached to an aromatic ring is 1. The molecule has 21 heavy (non-hydrogen) atoms. The first kappa shape index (κ1) is 14.1. The van der Waals surface area contributed by atoms with Crippen LogP contribution in [-0.2, 0) is 16.6 Å². The topological polar surface area (TPSA) is 43.1 Å². The number of rotatable bonds is 4. The second-order valence-electron chi connectivity index (χ2n) is 5.55. The van der Waals surface area contributed by atoms with Gasteiger partial charge in [0.2, 0.25) is 0 Å². The van der Waals surface area contributed by atoms with Crippen LogP contribution in [0.1, 0.15) is 24.0 Å². The van der Waals surface area contributed by atoms with Crippen molar-refractivity contribution in [1.29, 1.82) is 0 Å². The van der Waals surface area contributed by atoms with Gasteiger partial charge in [-0.25, -0.2) is 4.39 Å². The molecular formula is C17H15ClFNO. The fraction of sp³-hybridized carbons (Fsp3) is 0.235. The highest BCUT2D eigenvalue weighted by molar-refractivity contribution is 6.30. The normalized spacial score (nSPS) is 15.7. The zero-order valence-corrected chi connectivity index (χ0v) is 12.2. The van der Waals surface area contributed by atoms with Crippen LogP contribution in [0.25, 0.3) is 0 Å². The van der Waals surface area contributed by atoms with Crippen molar-refractivity contribution in [3.63, 3.8) is 0 Å². The van der Waals surface area contributed by atoms with Crippen molar-refractivity contribution < 1.29 is 9.18 Å². The molecule has 1 saturated carbocycles. The number of hydrogen-bond donors (Lipinski definition) is 1. The predicted molar refractivity (Wildman–Crippen MR) is 81.9 cm³/mol. The van der Waals surface area contributed by atoms with Crippen molar-refractivity contribution in [3.05, 3.63) is 64.4 Å². The van der Waals surface area contributed by atoms with E-state index >= 15 is 0 Å². The molecule has 2 aromatic rings. The number of nitrogens with two attached hydrogens (primary N) is 1. The van der Waals surface area contributed by atoms with E-state index in [1.807, 2.05) is 24.3 Å². The SMILES string of the molecule is Nc1ccc(C2(C(=O)Cc3ccc(F)c(Cl)c3)CC2)cc1. The molecule has 1 aliphatic rings. The summed E-state index contributed by atoms with van der Waals surface area (Å²) in [4.78, 5) is 12.6. The van der Waals surface area contributed by atoms with E-state index in [1.165, 1.54) is 12.1 Å². The van der Waals surface area contributed by atoms with Crippen molar-refractivity contribution in [1.82, 2.24) is 0 Å². The minimum Gasteiger partial charge on any atom is -0.399 e. The molecule has 2 aromatic carbocycles. The van der Waals surface area contributed by atoms with Crippen LogP contribution >= 0.6 is 11.6 Å². The van der Waals surface area contributed by atoms with Gasteiger partial charge in [0.1, 0.15) is 11.6 Å². The molecule has 0 heterocycles. The Morgan fingerprint density at radius 2 is 1.86 bits per heavy atom. The first-order chi connectivity index (χ1) is 10.0. The molecular weight excluding hydrogens is 289 g/mol. The van der Waals surface area contributed by atoms with Gasteiger partial charge < -0.3 is 5.73 Å². The summed E-state index contributed by atoms with van der Waals surface area (Å²) in [5, 5.41) is 0.0534. The Morgan fingerprint density at radius 3 is 2.43 bits per heavy atom. The van der Waals surface area contributed by atoms with Crippen molar-refractivity contribution in [2.75, 3.05) is 5.73 Å². The van der Waals surface area contributed by atoms with Crippen molar-refractivity contribution in [2.45, 2.75) is 24.7 Å². The van der Waals surface area contributed by atoms with Gasteiger partial charge in [0.25, 0.3) is 0 Å². The van der Waals surface area contributed by atoms with Crippen LogP contribution < -0.4 is 5.73 Å². The number of Topliss-reactive ketones (excluding diaryl/α,β-unsaturated/α-hetero) is 1. The van der Waals surface area contributed by atoms with Crippen LogP contribution in [0.15, 0.2) is 42.5 Å². The second-order valence-corrected chi connectivity index (χ2v) is 5.96. The number of anilines is 1. The lowest BCUT2D eigenvalue weighted by molar-refractivity contribution is -0.120. The van der Waals surface area contributed by atoms with Gasteiger partial charge in [-0.3, -0.25) is 4.79 Å². The van der Waals surface area contributed by atoms with E-state index in [0.717, 1.165) is 24.0 Å². The number of ketones is 1.